The van der Waals surface area contributed by atoms with Crippen molar-refractivity contribution >= 4 is 17.6 Å². The van der Waals surface area contributed by atoms with E-state index in [1.54, 1.807) is 30.5 Å². The molecule has 3 rings (SSSR count). The first-order valence-corrected chi connectivity index (χ1v) is 7.90. The quantitative estimate of drug-likeness (QED) is 0.534. The van der Waals surface area contributed by atoms with E-state index in [0.29, 0.717) is 5.69 Å². The van der Waals surface area contributed by atoms with Crippen molar-refractivity contribution < 1.29 is 14.4 Å². The SMILES string of the molecule is NC(=O)C(=O)C(Cc1ccccn1)NC(=O)c1cncn1-c1ncccn1. The average molecular weight is 365 g/mol. The van der Waals surface area contributed by atoms with Crippen LogP contribution in [0.15, 0.2) is 55.4 Å². The van der Waals surface area contributed by atoms with Gasteiger partial charge in [0.2, 0.25) is 11.7 Å². The predicted molar refractivity (Wildman–Crippen MR) is 92.6 cm³/mol. The Hall–Kier alpha value is -3.95. The monoisotopic (exact) mass is 365 g/mol. The number of carbonyl (C=O) groups is 3. The molecule has 3 aromatic rings. The number of rotatable bonds is 7. The lowest BCUT2D eigenvalue weighted by Gasteiger charge is -2.16. The van der Waals surface area contributed by atoms with E-state index in [9.17, 15) is 14.4 Å². The van der Waals surface area contributed by atoms with Gasteiger partial charge in [-0.1, -0.05) is 6.07 Å². The number of aromatic nitrogens is 5. The maximum atomic E-state index is 12.7. The van der Waals surface area contributed by atoms with Gasteiger partial charge in [0.25, 0.3) is 11.8 Å². The molecule has 2 amide bonds. The molecule has 0 radical (unpaired) electrons. The van der Waals surface area contributed by atoms with Crippen LogP contribution in [-0.2, 0) is 16.0 Å². The number of pyridine rings is 1. The number of ketones is 1. The van der Waals surface area contributed by atoms with Crippen LogP contribution in [-0.4, -0.2) is 48.1 Å². The fourth-order valence-electron chi connectivity index (χ4n) is 2.38. The maximum absolute atomic E-state index is 12.7. The van der Waals surface area contributed by atoms with Crippen LogP contribution in [0.2, 0.25) is 0 Å². The molecule has 0 fully saturated rings. The molecular weight excluding hydrogens is 350 g/mol. The lowest BCUT2D eigenvalue weighted by atomic mass is 10.1. The number of amides is 2. The molecule has 27 heavy (non-hydrogen) atoms. The van der Waals surface area contributed by atoms with Gasteiger partial charge in [-0.3, -0.25) is 23.9 Å². The van der Waals surface area contributed by atoms with E-state index in [-0.39, 0.29) is 18.1 Å². The minimum absolute atomic E-state index is 0.0182. The van der Waals surface area contributed by atoms with Crippen LogP contribution in [0.25, 0.3) is 5.95 Å². The first kappa shape index (κ1) is 17.9. The van der Waals surface area contributed by atoms with E-state index in [0.717, 1.165) is 0 Å². The van der Waals surface area contributed by atoms with Gasteiger partial charge in [-0.05, 0) is 18.2 Å². The summed E-state index contributed by atoms with van der Waals surface area (Å²) in [5, 5.41) is 2.51. The summed E-state index contributed by atoms with van der Waals surface area (Å²) < 4.78 is 1.36. The van der Waals surface area contributed by atoms with Crippen LogP contribution in [0.5, 0.6) is 0 Å². The van der Waals surface area contributed by atoms with E-state index >= 15 is 0 Å². The van der Waals surface area contributed by atoms with E-state index in [4.69, 9.17) is 5.73 Å². The lowest BCUT2D eigenvalue weighted by Crippen LogP contribution is -2.47. The Balaban J connectivity index is 1.84. The molecule has 0 aliphatic carbocycles. The van der Waals surface area contributed by atoms with Gasteiger partial charge in [0.05, 0.1) is 6.20 Å². The molecule has 0 spiro atoms. The molecule has 10 heteroatoms. The van der Waals surface area contributed by atoms with Crippen LogP contribution in [0.1, 0.15) is 16.2 Å². The van der Waals surface area contributed by atoms with Crippen molar-refractivity contribution in [3.8, 4) is 5.95 Å². The molecule has 0 aliphatic heterocycles. The van der Waals surface area contributed by atoms with Crippen LogP contribution >= 0.6 is 0 Å². The predicted octanol–water partition coefficient (Wildman–Crippen LogP) is -0.547. The summed E-state index contributed by atoms with van der Waals surface area (Å²) in [5.74, 6) is -2.45. The molecule has 3 heterocycles. The van der Waals surface area contributed by atoms with Gasteiger partial charge in [0.1, 0.15) is 18.1 Å². The minimum Gasteiger partial charge on any atom is -0.363 e. The molecule has 1 unspecified atom stereocenters. The van der Waals surface area contributed by atoms with Crippen molar-refractivity contribution in [3.63, 3.8) is 0 Å². The average Bonchev–Trinajstić information content (AvgIpc) is 3.18. The Morgan fingerprint density at radius 3 is 2.48 bits per heavy atom. The van der Waals surface area contributed by atoms with Crippen molar-refractivity contribution in [2.45, 2.75) is 12.5 Å². The van der Waals surface area contributed by atoms with Crippen molar-refractivity contribution in [1.29, 1.82) is 0 Å². The van der Waals surface area contributed by atoms with Crippen molar-refractivity contribution in [1.82, 2.24) is 29.8 Å². The van der Waals surface area contributed by atoms with Crippen molar-refractivity contribution in [3.05, 3.63) is 66.8 Å². The first-order chi connectivity index (χ1) is 13.1. The number of hydrogen-bond donors (Lipinski definition) is 2. The maximum Gasteiger partial charge on any atom is 0.287 e. The fourth-order valence-corrected chi connectivity index (χ4v) is 2.38. The van der Waals surface area contributed by atoms with Crippen LogP contribution in [0.4, 0.5) is 0 Å². The number of carbonyl (C=O) groups excluding carboxylic acids is 3. The number of Topliss-reactive ketones (excluding diaryl/α,β-unsaturated/α-hetero) is 1. The summed E-state index contributed by atoms with van der Waals surface area (Å²) in [6, 6.07) is 5.60. The molecule has 1 atom stereocenters. The number of imidazole rings is 1. The van der Waals surface area contributed by atoms with Gasteiger partial charge in [-0.15, -0.1) is 0 Å². The topological polar surface area (TPSA) is 146 Å². The minimum atomic E-state index is -1.16. The smallest absolute Gasteiger partial charge is 0.287 e. The molecule has 0 bridgehead atoms. The zero-order chi connectivity index (χ0) is 19.2. The van der Waals surface area contributed by atoms with E-state index in [1.807, 2.05) is 0 Å². The largest absolute Gasteiger partial charge is 0.363 e. The third kappa shape index (κ3) is 4.18. The summed E-state index contributed by atoms with van der Waals surface area (Å²) in [7, 11) is 0. The Morgan fingerprint density at radius 1 is 1.07 bits per heavy atom. The fraction of sp³-hybridized carbons (Fsp3) is 0.118. The van der Waals surface area contributed by atoms with E-state index in [1.165, 1.54) is 29.5 Å². The molecule has 136 valence electrons. The second-order valence-corrected chi connectivity index (χ2v) is 5.48. The first-order valence-electron chi connectivity index (χ1n) is 7.90. The highest BCUT2D eigenvalue weighted by Crippen LogP contribution is 2.08. The summed E-state index contributed by atoms with van der Waals surface area (Å²) in [4.78, 5) is 52.3. The van der Waals surface area contributed by atoms with Gasteiger partial charge in [0, 0.05) is 30.7 Å². The highest BCUT2D eigenvalue weighted by atomic mass is 16.2. The summed E-state index contributed by atoms with van der Waals surface area (Å²) in [5.41, 5.74) is 5.73. The van der Waals surface area contributed by atoms with Gasteiger partial charge in [0.15, 0.2) is 0 Å². The molecular formula is C17H15N7O3. The molecule has 0 aromatic carbocycles. The van der Waals surface area contributed by atoms with Gasteiger partial charge in [-0.25, -0.2) is 15.0 Å². The highest BCUT2D eigenvalue weighted by Gasteiger charge is 2.27. The number of primary amides is 1. The van der Waals surface area contributed by atoms with Crippen molar-refractivity contribution in [2.24, 2.45) is 5.73 Å². The van der Waals surface area contributed by atoms with Crippen LogP contribution < -0.4 is 11.1 Å². The highest BCUT2D eigenvalue weighted by molar-refractivity contribution is 6.38. The summed E-state index contributed by atoms with van der Waals surface area (Å²) >= 11 is 0. The van der Waals surface area contributed by atoms with Crippen LogP contribution in [0.3, 0.4) is 0 Å². The normalized spacial score (nSPS) is 11.6. The summed E-state index contributed by atoms with van der Waals surface area (Å²) in [6.45, 7) is 0. The second kappa shape index (κ2) is 7.95. The Labute approximate surface area is 153 Å². The molecule has 3 N–H and O–H groups in total. The Bertz CT molecular complexity index is 957. The van der Waals surface area contributed by atoms with Gasteiger partial charge >= 0.3 is 0 Å². The molecule has 3 aromatic heterocycles. The zero-order valence-corrected chi connectivity index (χ0v) is 14.0. The number of nitrogens with one attached hydrogen (secondary N) is 1. The van der Waals surface area contributed by atoms with Gasteiger partial charge < -0.3 is 11.1 Å². The molecule has 0 aliphatic rings. The zero-order valence-electron chi connectivity index (χ0n) is 14.0. The van der Waals surface area contributed by atoms with E-state index < -0.39 is 23.6 Å². The third-order valence-corrected chi connectivity index (χ3v) is 3.64. The van der Waals surface area contributed by atoms with Crippen LogP contribution in [0, 0.1) is 0 Å². The second-order valence-electron chi connectivity index (χ2n) is 5.48. The third-order valence-electron chi connectivity index (χ3n) is 3.64. The lowest BCUT2D eigenvalue weighted by molar-refractivity contribution is -0.137. The standard InChI is InChI=1S/C17H15N7O3/c18-15(26)14(25)12(8-11-4-1-2-5-20-11)23-16(27)13-9-19-10-24(13)17-21-6-3-7-22-17/h1-7,9-10,12H,8H2,(H2,18,26)(H,23,27). The van der Waals surface area contributed by atoms with E-state index in [2.05, 4.69) is 25.3 Å². The molecule has 0 saturated heterocycles. The summed E-state index contributed by atoms with van der Waals surface area (Å²) in [6.07, 6.45) is 7.27. The molecule has 10 nitrogen and oxygen atoms in total. The van der Waals surface area contributed by atoms with Gasteiger partial charge in [-0.2, -0.15) is 0 Å². The molecule has 0 saturated carbocycles. The number of nitrogens with zero attached hydrogens (tertiary/aromatic N) is 5. The number of hydrogen-bond acceptors (Lipinski definition) is 7. The number of nitrogens with two attached hydrogens (primary N) is 1. The Kier molecular flexibility index (Phi) is 5.26. The Morgan fingerprint density at radius 2 is 1.81 bits per heavy atom. The van der Waals surface area contributed by atoms with Crippen molar-refractivity contribution in [2.75, 3.05) is 0 Å².